The van der Waals surface area contributed by atoms with Crippen LogP contribution in [0.2, 0.25) is 0 Å². The Morgan fingerprint density at radius 3 is 3.10 bits per heavy atom. The molecule has 1 heterocycles. The molecule has 0 aliphatic rings. The van der Waals surface area contributed by atoms with Crippen molar-refractivity contribution >= 4 is 17.1 Å². The van der Waals surface area contributed by atoms with Crippen LogP contribution in [0.25, 0.3) is 0 Å². The minimum atomic E-state index is 0.156. The van der Waals surface area contributed by atoms with Crippen LogP contribution in [0.4, 0.5) is 0 Å². The maximum atomic E-state index is 11.0. The highest BCUT2D eigenvalue weighted by Gasteiger charge is 2.02. The van der Waals surface area contributed by atoms with Gasteiger partial charge in [-0.25, -0.2) is 0 Å². The van der Waals surface area contributed by atoms with E-state index in [9.17, 15) is 4.79 Å². The monoisotopic (exact) mass is 155 g/mol. The molecule has 0 bridgehead atoms. The lowest BCUT2D eigenvalue weighted by molar-refractivity contribution is 0.0994. The molecule has 3 heteroatoms. The highest BCUT2D eigenvalue weighted by atomic mass is 32.1. The normalized spacial score (nSPS) is 9.70. The van der Waals surface area contributed by atoms with Crippen molar-refractivity contribution in [2.45, 2.75) is 0 Å². The van der Waals surface area contributed by atoms with Crippen molar-refractivity contribution < 1.29 is 4.79 Å². The molecule has 1 rings (SSSR count). The van der Waals surface area contributed by atoms with Crippen LogP contribution in [-0.4, -0.2) is 19.4 Å². The van der Waals surface area contributed by atoms with Crippen LogP contribution in [0.15, 0.2) is 16.8 Å². The lowest BCUT2D eigenvalue weighted by Gasteiger charge is -1.93. The Kier molecular flexibility index (Phi) is 2.59. The molecule has 0 spiro atoms. The maximum Gasteiger partial charge on any atom is 0.177 e. The summed E-state index contributed by atoms with van der Waals surface area (Å²) in [6, 6.07) is 1.84. The summed E-state index contributed by atoms with van der Waals surface area (Å²) in [5, 5.41) is 6.58. The molecule has 0 aliphatic heterocycles. The van der Waals surface area contributed by atoms with Crippen LogP contribution < -0.4 is 5.32 Å². The van der Waals surface area contributed by atoms with Crippen molar-refractivity contribution in [3.05, 3.63) is 22.4 Å². The second-order valence-electron chi connectivity index (χ2n) is 1.97. The summed E-state index contributed by atoms with van der Waals surface area (Å²) in [5.74, 6) is 0.156. The number of rotatable bonds is 3. The van der Waals surface area contributed by atoms with E-state index >= 15 is 0 Å². The zero-order chi connectivity index (χ0) is 7.40. The lowest BCUT2D eigenvalue weighted by Crippen LogP contribution is -2.17. The van der Waals surface area contributed by atoms with Gasteiger partial charge < -0.3 is 5.32 Å². The number of nitrogens with one attached hydrogen (secondary N) is 1. The quantitative estimate of drug-likeness (QED) is 0.663. The number of ketones is 1. The standard InChI is InChI=1S/C7H9NOS/c1-8-4-7(9)6-2-3-10-5-6/h2-3,5,8H,4H2,1H3. The molecule has 0 saturated heterocycles. The number of Topliss-reactive ketones (excluding diaryl/α,β-unsaturated/α-hetero) is 1. The number of carbonyl (C=O) groups excluding carboxylic acids is 1. The molecule has 0 radical (unpaired) electrons. The van der Waals surface area contributed by atoms with Gasteiger partial charge in [-0.2, -0.15) is 11.3 Å². The molecule has 0 amide bonds. The topological polar surface area (TPSA) is 29.1 Å². The van der Waals surface area contributed by atoms with E-state index in [2.05, 4.69) is 5.32 Å². The number of likely N-dealkylation sites (N-methyl/N-ethyl adjacent to an activating group) is 1. The first-order chi connectivity index (χ1) is 4.84. The van der Waals surface area contributed by atoms with E-state index in [-0.39, 0.29) is 5.78 Å². The van der Waals surface area contributed by atoms with Crippen molar-refractivity contribution in [2.24, 2.45) is 0 Å². The maximum absolute atomic E-state index is 11.0. The zero-order valence-electron chi connectivity index (χ0n) is 5.76. The Hall–Kier alpha value is -0.670. The largest absolute Gasteiger partial charge is 0.313 e. The SMILES string of the molecule is CNCC(=O)c1ccsc1. The van der Waals surface area contributed by atoms with Gasteiger partial charge in [-0.15, -0.1) is 0 Å². The van der Waals surface area contributed by atoms with Gasteiger partial charge in [0.05, 0.1) is 6.54 Å². The van der Waals surface area contributed by atoms with Gasteiger partial charge in [0.25, 0.3) is 0 Å². The van der Waals surface area contributed by atoms with E-state index < -0.39 is 0 Å². The van der Waals surface area contributed by atoms with Crippen LogP contribution >= 0.6 is 11.3 Å². The Morgan fingerprint density at radius 2 is 2.60 bits per heavy atom. The van der Waals surface area contributed by atoms with Crippen molar-refractivity contribution in [3.8, 4) is 0 Å². The molecule has 0 saturated carbocycles. The van der Waals surface area contributed by atoms with E-state index in [1.54, 1.807) is 18.4 Å². The van der Waals surface area contributed by atoms with Gasteiger partial charge in [0.1, 0.15) is 0 Å². The molecule has 0 unspecified atom stereocenters. The average molecular weight is 155 g/mol. The smallest absolute Gasteiger partial charge is 0.177 e. The third-order valence-electron chi connectivity index (χ3n) is 1.18. The summed E-state index contributed by atoms with van der Waals surface area (Å²) < 4.78 is 0. The molecule has 54 valence electrons. The van der Waals surface area contributed by atoms with Gasteiger partial charge in [-0.05, 0) is 18.5 Å². The summed E-state index contributed by atoms with van der Waals surface area (Å²) in [5.41, 5.74) is 0.805. The van der Waals surface area contributed by atoms with Crippen molar-refractivity contribution in [1.82, 2.24) is 5.32 Å². The first-order valence-electron chi connectivity index (χ1n) is 3.04. The zero-order valence-corrected chi connectivity index (χ0v) is 6.57. The summed E-state index contributed by atoms with van der Waals surface area (Å²) in [6.45, 7) is 0.427. The summed E-state index contributed by atoms with van der Waals surface area (Å²) in [4.78, 5) is 11.0. The molecule has 0 aliphatic carbocycles. The highest BCUT2D eigenvalue weighted by Crippen LogP contribution is 2.05. The Bertz CT molecular complexity index is 205. The average Bonchev–Trinajstić information content (AvgIpc) is 2.38. The van der Waals surface area contributed by atoms with Gasteiger partial charge in [0.15, 0.2) is 5.78 Å². The minimum Gasteiger partial charge on any atom is -0.313 e. The molecular formula is C7H9NOS. The number of hydrogen-bond donors (Lipinski definition) is 1. The highest BCUT2D eigenvalue weighted by molar-refractivity contribution is 7.08. The van der Waals surface area contributed by atoms with E-state index in [0.29, 0.717) is 6.54 Å². The number of carbonyl (C=O) groups is 1. The van der Waals surface area contributed by atoms with Gasteiger partial charge in [-0.3, -0.25) is 4.79 Å². The third-order valence-corrected chi connectivity index (χ3v) is 1.86. The van der Waals surface area contributed by atoms with Crippen molar-refractivity contribution in [1.29, 1.82) is 0 Å². The van der Waals surface area contributed by atoms with E-state index in [1.165, 1.54) is 0 Å². The molecule has 10 heavy (non-hydrogen) atoms. The lowest BCUT2D eigenvalue weighted by atomic mass is 10.2. The van der Waals surface area contributed by atoms with Gasteiger partial charge >= 0.3 is 0 Å². The van der Waals surface area contributed by atoms with Crippen LogP contribution in [-0.2, 0) is 0 Å². The van der Waals surface area contributed by atoms with Gasteiger partial charge in [-0.1, -0.05) is 0 Å². The fourth-order valence-electron chi connectivity index (χ4n) is 0.686. The Labute approximate surface area is 63.9 Å². The first-order valence-corrected chi connectivity index (χ1v) is 3.99. The molecule has 1 aromatic heterocycles. The minimum absolute atomic E-state index is 0.156. The van der Waals surface area contributed by atoms with Crippen LogP contribution in [0.5, 0.6) is 0 Å². The Morgan fingerprint density at radius 1 is 1.80 bits per heavy atom. The second kappa shape index (κ2) is 3.49. The number of thiophene rings is 1. The third kappa shape index (κ3) is 1.65. The fraction of sp³-hybridized carbons (Fsp3) is 0.286. The summed E-state index contributed by atoms with van der Waals surface area (Å²) in [7, 11) is 1.77. The van der Waals surface area contributed by atoms with E-state index in [0.717, 1.165) is 5.56 Å². The molecule has 0 fully saturated rings. The molecule has 1 N–H and O–H groups in total. The van der Waals surface area contributed by atoms with Crippen molar-refractivity contribution in [2.75, 3.05) is 13.6 Å². The van der Waals surface area contributed by atoms with E-state index in [4.69, 9.17) is 0 Å². The van der Waals surface area contributed by atoms with Crippen LogP contribution in [0.1, 0.15) is 10.4 Å². The molecule has 0 atom stereocenters. The van der Waals surface area contributed by atoms with Gasteiger partial charge in [0, 0.05) is 10.9 Å². The Balaban J connectivity index is 2.59. The molecule has 1 aromatic rings. The molecule has 0 aromatic carbocycles. The van der Waals surface area contributed by atoms with Gasteiger partial charge in [0.2, 0.25) is 0 Å². The first kappa shape index (κ1) is 7.44. The predicted octanol–water partition coefficient (Wildman–Crippen LogP) is 1.15. The van der Waals surface area contributed by atoms with Crippen LogP contribution in [0, 0.1) is 0 Å². The molecule has 2 nitrogen and oxygen atoms in total. The molecular weight excluding hydrogens is 146 g/mol. The predicted molar refractivity (Wildman–Crippen MR) is 42.6 cm³/mol. The van der Waals surface area contributed by atoms with Crippen LogP contribution in [0.3, 0.4) is 0 Å². The number of hydrogen-bond acceptors (Lipinski definition) is 3. The van der Waals surface area contributed by atoms with Crippen molar-refractivity contribution in [3.63, 3.8) is 0 Å². The van der Waals surface area contributed by atoms with E-state index in [1.807, 2.05) is 16.8 Å². The summed E-state index contributed by atoms with van der Waals surface area (Å²) >= 11 is 1.55. The summed E-state index contributed by atoms with van der Waals surface area (Å²) in [6.07, 6.45) is 0. The fourth-order valence-corrected chi connectivity index (χ4v) is 1.35. The second-order valence-corrected chi connectivity index (χ2v) is 2.75.